The number of thioether (sulfide) groups is 2. The van der Waals surface area contributed by atoms with Gasteiger partial charge in [-0.15, -0.1) is 10.2 Å². The zero-order chi connectivity index (χ0) is 28.3. The van der Waals surface area contributed by atoms with E-state index in [-0.39, 0.29) is 36.0 Å². The monoisotopic (exact) mass is 583 g/mol. The highest BCUT2D eigenvalue weighted by molar-refractivity contribution is 8.12. The standard InChI is InChI=1S/C24H33N5O8S2/c1-38-23(26)36-21(25)17-14-18(22-28-29-24(37-22)39-2)16-19(15-17)27-20(31)4-7-33-9-11-35-13-12-34-10-8-32-6-3-5-30/h5,14-16,25-26H,3-4,6-13H2,1-2H3,(H,27,31). The SMILES string of the molecule is CSC(=N)OC(=N)c1cc(NC(=O)CCOCCOCCOCCOCCC=O)cc(-c2nnc(SC)o2)c1. The number of nitrogens with zero attached hydrogens (tertiary/aromatic N) is 2. The van der Waals surface area contributed by atoms with Crippen molar-refractivity contribution in [2.24, 2.45) is 0 Å². The Hall–Kier alpha value is -2.82. The lowest BCUT2D eigenvalue weighted by atomic mass is 10.1. The molecule has 0 saturated heterocycles. The summed E-state index contributed by atoms with van der Waals surface area (Å²) in [6.45, 7) is 2.97. The van der Waals surface area contributed by atoms with Crippen LogP contribution < -0.4 is 5.32 Å². The maximum atomic E-state index is 12.5. The molecule has 214 valence electrons. The molecule has 15 heteroatoms. The van der Waals surface area contributed by atoms with Gasteiger partial charge in [-0.25, -0.2) is 0 Å². The van der Waals surface area contributed by atoms with E-state index in [4.69, 9.17) is 38.9 Å². The molecule has 0 saturated carbocycles. The van der Waals surface area contributed by atoms with Crippen molar-refractivity contribution in [1.82, 2.24) is 10.2 Å². The Bertz CT molecular complexity index is 1070. The number of ether oxygens (including phenoxy) is 5. The van der Waals surface area contributed by atoms with Crippen molar-refractivity contribution in [1.29, 1.82) is 10.8 Å². The van der Waals surface area contributed by atoms with Crippen molar-refractivity contribution in [2.75, 3.05) is 70.7 Å². The van der Waals surface area contributed by atoms with Crippen LogP contribution in [-0.4, -0.2) is 98.9 Å². The summed E-state index contributed by atoms with van der Waals surface area (Å²) in [5.74, 6) is -0.323. The van der Waals surface area contributed by atoms with Gasteiger partial charge in [-0.3, -0.25) is 15.6 Å². The molecule has 0 unspecified atom stereocenters. The Morgan fingerprint density at radius 2 is 1.59 bits per heavy atom. The predicted octanol–water partition coefficient (Wildman–Crippen LogP) is 3.08. The molecule has 3 N–H and O–H groups in total. The lowest BCUT2D eigenvalue weighted by Crippen LogP contribution is -2.17. The summed E-state index contributed by atoms with van der Waals surface area (Å²) < 4.78 is 32.2. The van der Waals surface area contributed by atoms with Crippen LogP contribution in [0.5, 0.6) is 0 Å². The molecule has 0 fully saturated rings. The van der Waals surface area contributed by atoms with Crippen LogP contribution in [0.2, 0.25) is 0 Å². The predicted molar refractivity (Wildman–Crippen MR) is 148 cm³/mol. The van der Waals surface area contributed by atoms with Gasteiger partial charge in [-0.2, -0.15) is 0 Å². The van der Waals surface area contributed by atoms with Crippen molar-refractivity contribution in [2.45, 2.75) is 18.1 Å². The molecule has 2 aromatic rings. The van der Waals surface area contributed by atoms with Crippen LogP contribution in [0.3, 0.4) is 0 Å². The van der Waals surface area contributed by atoms with Gasteiger partial charge in [0.05, 0.1) is 59.3 Å². The second-order valence-corrected chi connectivity index (χ2v) is 9.04. The molecule has 0 aliphatic carbocycles. The molecule has 1 aromatic heterocycles. The number of rotatable bonds is 19. The van der Waals surface area contributed by atoms with Crippen molar-refractivity contribution in [3.05, 3.63) is 23.8 Å². The number of benzene rings is 1. The van der Waals surface area contributed by atoms with Crippen LogP contribution in [0.1, 0.15) is 18.4 Å². The minimum absolute atomic E-state index is 0.106. The van der Waals surface area contributed by atoms with Crippen LogP contribution in [0, 0.1) is 10.8 Å². The van der Waals surface area contributed by atoms with E-state index in [2.05, 4.69) is 15.5 Å². The van der Waals surface area contributed by atoms with Gasteiger partial charge in [0.2, 0.25) is 22.9 Å². The first-order valence-corrected chi connectivity index (χ1v) is 14.4. The summed E-state index contributed by atoms with van der Waals surface area (Å²) in [6, 6.07) is 4.83. The fourth-order valence-corrected chi connectivity index (χ4v) is 3.29. The van der Waals surface area contributed by atoms with Crippen LogP contribution in [-0.2, 0) is 33.3 Å². The van der Waals surface area contributed by atoms with E-state index >= 15 is 0 Å². The molecule has 39 heavy (non-hydrogen) atoms. The number of aldehydes is 1. The van der Waals surface area contributed by atoms with E-state index in [1.165, 1.54) is 11.8 Å². The maximum absolute atomic E-state index is 12.5. The third kappa shape index (κ3) is 13.2. The number of hydrogen-bond donors (Lipinski definition) is 3. The zero-order valence-corrected chi connectivity index (χ0v) is 23.5. The van der Waals surface area contributed by atoms with E-state index < -0.39 is 0 Å². The second-order valence-electron chi connectivity index (χ2n) is 7.50. The normalized spacial score (nSPS) is 10.8. The average molecular weight is 584 g/mol. The Kier molecular flexibility index (Phi) is 16.0. The van der Waals surface area contributed by atoms with E-state index in [1.54, 1.807) is 30.7 Å². The molecule has 0 atom stereocenters. The first-order valence-electron chi connectivity index (χ1n) is 11.9. The fraction of sp³-hybridized carbons (Fsp3) is 0.500. The van der Waals surface area contributed by atoms with Gasteiger partial charge in [0.15, 0.2) is 0 Å². The molecule has 1 aromatic carbocycles. The van der Waals surface area contributed by atoms with Crippen LogP contribution in [0.25, 0.3) is 11.5 Å². The molecule has 0 aliphatic rings. The van der Waals surface area contributed by atoms with Gasteiger partial charge in [0.25, 0.3) is 5.22 Å². The van der Waals surface area contributed by atoms with Gasteiger partial charge < -0.3 is 38.2 Å². The average Bonchev–Trinajstić information content (AvgIpc) is 3.42. The molecule has 1 heterocycles. The molecular formula is C24H33N5O8S2. The molecule has 0 spiro atoms. The van der Waals surface area contributed by atoms with E-state index in [9.17, 15) is 9.59 Å². The van der Waals surface area contributed by atoms with Gasteiger partial charge in [-0.05, 0) is 30.7 Å². The van der Waals surface area contributed by atoms with Crippen molar-refractivity contribution in [3.8, 4) is 11.5 Å². The molecule has 0 radical (unpaired) electrons. The quantitative estimate of drug-likeness (QED) is 0.0724. The lowest BCUT2D eigenvalue weighted by Gasteiger charge is -2.11. The highest BCUT2D eigenvalue weighted by Crippen LogP contribution is 2.27. The number of carbonyl (C=O) groups excluding carboxylic acids is 2. The molecular weight excluding hydrogens is 550 g/mol. The summed E-state index contributed by atoms with van der Waals surface area (Å²) in [5, 5.41) is 26.8. The van der Waals surface area contributed by atoms with Gasteiger partial charge >= 0.3 is 0 Å². The minimum Gasteiger partial charge on any atom is -0.415 e. The zero-order valence-electron chi connectivity index (χ0n) is 21.9. The summed E-state index contributed by atoms with van der Waals surface area (Å²) >= 11 is 2.35. The van der Waals surface area contributed by atoms with E-state index in [0.717, 1.165) is 18.0 Å². The van der Waals surface area contributed by atoms with Crippen molar-refractivity contribution >= 4 is 52.5 Å². The Morgan fingerprint density at radius 1 is 0.949 bits per heavy atom. The molecule has 1 amide bonds. The first-order chi connectivity index (χ1) is 19.0. The number of aromatic nitrogens is 2. The summed E-state index contributed by atoms with van der Waals surface area (Å²) in [7, 11) is 0. The summed E-state index contributed by atoms with van der Waals surface area (Å²) in [5.41, 5.74) is 1.22. The maximum Gasteiger partial charge on any atom is 0.276 e. The fourth-order valence-electron chi connectivity index (χ4n) is 2.84. The third-order valence-corrected chi connectivity index (χ3v) is 5.63. The summed E-state index contributed by atoms with van der Waals surface area (Å²) in [6.07, 6.45) is 4.77. The number of nitrogens with one attached hydrogen (secondary N) is 3. The number of amides is 1. The Labute approximate surface area is 235 Å². The van der Waals surface area contributed by atoms with Crippen LogP contribution in [0.4, 0.5) is 5.69 Å². The number of anilines is 1. The molecule has 0 aliphatic heterocycles. The van der Waals surface area contributed by atoms with Gasteiger partial charge in [0.1, 0.15) is 6.29 Å². The molecule has 0 bridgehead atoms. The van der Waals surface area contributed by atoms with Crippen LogP contribution >= 0.6 is 23.5 Å². The lowest BCUT2D eigenvalue weighted by molar-refractivity contribution is -0.117. The smallest absolute Gasteiger partial charge is 0.276 e. The molecule has 13 nitrogen and oxygen atoms in total. The van der Waals surface area contributed by atoms with Crippen molar-refractivity contribution < 1.29 is 37.7 Å². The topological polar surface area (TPSA) is 179 Å². The Balaban J connectivity index is 1.75. The first kappa shape index (κ1) is 32.4. The summed E-state index contributed by atoms with van der Waals surface area (Å²) in [4.78, 5) is 22.7. The van der Waals surface area contributed by atoms with Crippen molar-refractivity contribution in [3.63, 3.8) is 0 Å². The largest absolute Gasteiger partial charge is 0.415 e. The number of hydrogen-bond acceptors (Lipinski definition) is 14. The van der Waals surface area contributed by atoms with E-state index in [0.29, 0.717) is 74.7 Å². The minimum atomic E-state index is -0.289. The highest BCUT2D eigenvalue weighted by atomic mass is 32.2. The van der Waals surface area contributed by atoms with Gasteiger partial charge in [-0.1, -0.05) is 23.5 Å². The molecule has 2 rings (SSSR count). The van der Waals surface area contributed by atoms with E-state index in [1.807, 2.05) is 0 Å². The van der Waals surface area contributed by atoms with Gasteiger partial charge in [0, 0.05) is 23.2 Å². The van der Waals surface area contributed by atoms with Crippen LogP contribution in [0.15, 0.2) is 27.8 Å². The number of carbonyl (C=O) groups is 2. The highest BCUT2D eigenvalue weighted by Gasteiger charge is 2.15. The third-order valence-electron chi connectivity index (χ3n) is 4.66. The Morgan fingerprint density at radius 3 is 2.18 bits per heavy atom. The second kappa shape index (κ2) is 19.3.